The number of carbonyl (C=O) groups is 2. The van der Waals surface area contributed by atoms with Crippen LogP contribution >= 0.6 is 0 Å². The Kier molecular flexibility index (Phi) is 4.56. The predicted molar refractivity (Wildman–Crippen MR) is 89.4 cm³/mol. The molecule has 2 aromatic carbocycles. The Labute approximate surface area is 138 Å². The van der Waals surface area contributed by atoms with Gasteiger partial charge >= 0.3 is 5.97 Å². The zero-order chi connectivity index (χ0) is 16.9. The average Bonchev–Trinajstić information content (AvgIpc) is 3.09. The highest BCUT2D eigenvalue weighted by Gasteiger charge is 2.19. The highest BCUT2D eigenvalue weighted by Crippen LogP contribution is 2.19. The topological polar surface area (TPSA) is 84.1 Å². The van der Waals surface area contributed by atoms with Gasteiger partial charge in [0.25, 0.3) is 5.91 Å². The molecule has 0 saturated carbocycles. The van der Waals surface area contributed by atoms with Crippen LogP contribution in [-0.4, -0.2) is 29.0 Å². The molecule has 1 atom stereocenters. The first-order valence-electron chi connectivity index (χ1n) is 7.53. The zero-order valence-corrected chi connectivity index (χ0v) is 13.2. The van der Waals surface area contributed by atoms with Crippen molar-refractivity contribution in [2.75, 3.05) is 7.11 Å². The molecular formula is C18H17N3O3. The van der Waals surface area contributed by atoms with E-state index in [2.05, 4.69) is 15.3 Å². The lowest BCUT2D eigenvalue weighted by Gasteiger charge is -2.18. The number of nitrogens with zero attached hydrogens (tertiary/aromatic N) is 1. The second kappa shape index (κ2) is 6.95. The predicted octanol–water partition coefficient (Wildman–Crippen LogP) is 2.60. The van der Waals surface area contributed by atoms with Crippen molar-refractivity contribution >= 4 is 22.9 Å². The fourth-order valence-corrected chi connectivity index (χ4v) is 2.51. The van der Waals surface area contributed by atoms with E-state index in [4.69, 9.17) is 4.74 Å². The largest absolute Gasteiger partial charge is 0.469 e. The van der Waals surface area contributed by atoms with Crippen LogP contribution in [0, 0.1) is 0 Å². The molecule has 0 fully saturated rings. The molecule has 0 spiro atoms. The van der Waals surface area contributed by atoms with Crippen molar-refractivity contribution in [2.24, 2.45) is 0 Å². The van der Waals surface area contributed by atoms with E-state index in [1.807, 2.05) is 30.3 Å². The molecule has 0 aliphatic rings. The lowest BCUT2D eigenvalue weighted by molar-refractivity contribution is -0.141. The van der Waals surface area contributed by atoms with Crippen LogP contribution in [0.4, 0.5) is 0 Å². The summed E-state index contributed by atoms with van der Waals surface area (Å²) in [5.74, 6) is -0.641. The number of hydrogen-bond donors (Lipinski definition) is 2. The van der Waals surface area contributed by atoms with E-state index in [1.165, 1.54) is 7.11 Å². The summed E-state index contributed by atoms with van der Waals surface area (Å²) in [5, 5.41) is 2.90. The summed E-state index contributed by atoms with van der Waals surface area (Å²) < 4.78 is 4.73. The highest BCUT2D eigenvalue weighted by molar-refractivity contribution is 5.97. The first-order valence-corrected chi connectivity index (χ1v) is 7.53. The summed E-state index contributed by atoms with van der Waals surface area (Å²) >= 11 is 0. The number of hydrogen-bond acceptors (Lipinski definition) is 4. The number of imidazole rings is 1. The summed E-state index contributed by atoms with van der Waals surface area (Å²) in [6.45, 7) is 0. The Hall–Kier alpha value is -3.15. The number of amides is 1. The summed E-state index contributed by atoms with van der Waals surface area (Å²) in [5.41, 5.74) is 2.92. The van der Waals surface area contributed by atoms with E-state index < -0.39 is 6.04 Å². The molecule has 1 heterocycles. The smallest absolute Gasteiger partial charge is 0.307 e. The lowest BCUT2D eigenvalue weighted by atomic mass is 10.0. The third kappa shape index (κ3) is 3.43. The Balaban J connectivity index is 1.82. The van der Waals surface area contributed by atoms with Gasteiger partial charge in [0.05, 0.1) is 36.9 Å². The molecule has 0 bridgehead atoms. The summed E-state index contributed by atoms with van der Waals surface area (Å²) in [4.78, 5) is 31.3. The number of rotatable bonds is 5. The summed E-state index contributed by atoms with van der Waals surface area (Å²) in [6.07, 6.45) is 1.65. The van der Waals surface area contributed by atoms with E-state index >= 15 is 0 Å². The van der Waals surface area contributed by atoms with Gasteiger partial charge in [0.2, 0.25) is 0 Å². The van der Waals surface area contributed by atoms with Crippen LogP contribution in [0.2, 0.25) is 0 Å². The SMILES string of the molecule is COC(=O)C[C@@H](NC(=O)c1ccc2nc[nH]c2c1)c1ccccc1. The van der Waals surface area contributed by atoms with Gasteiger partial charge < -0.3 is 15.0 Å². The number of esters is 1. The van der Waals surface area contributed by atoms with Gasteiger partial charge in [-0.05, 0) is 23.8 Å². The molecular weight excluding hydrogens is 306 g/mol. The molecule has 0 saturated heterocycles. The van der Waals surface area contributed by atoms with Gasteiger partial charge in [0.15, 0.2) is 0 Å². The Morgan fingerprint density at radius 2 is 2.00 bits per heavy atom. The minimum atomic E-state index is -0.455. The summed E-state index contributed by atoms with van der Waals surface area (Å²) in [6, 6.07) is 14.1. The maximum absolute atomic E-state index is 12.6. The fraction of sp³-hybridized carbons (Fsp3) is 0.167. The number of carbonyl (C=O) groups excluding carboxylic acids is 2. The van der Waals surface area contributed by atoms with Gasteiger partial charge in [-0.1, -0.05) is 30.3 Å². The second-order valence-corrected chi connectivity index (χ2v) is 5.35. The molecule has 1 amide bonds. The lowest BCUT2D eigenvalue weighted by Crippen LogP contribution is -2.30. The molecule has 6 nitrogen and oxygen atoms in total. The quantitative estimate of drug-likeness (QED) is 0.707. The first kappa shape index (κ1) is 15.7. The summed E-state index contributed by atoms with van der Waals surface area (Å²) in [7, 11) is 1.33. The van der Waals surface area contributed by atoms with Crippen LogP contribution in [-0.2, 0) is 9.53 Å². The van der Waals surface area contributed by atoms with Gasteiger partial charge in [-0.15, -0.1) is 0 Å². The van der Waals surface area contributed by atoms with E-state index in [-0.39, 0.29) is 18.3 Å². The van der Waals surface area contributed by atoms with Gasteiger partial charge in [-0.2, -0.15) is 0 Å². The van der Waals surface area contributed by atoms with Crippen molar-refractivity contribution in [2.45, 2.75) is 12.5 Å². The highest BCUT2D eigenvalue weighted by atomic mass is 16.5. The number of H-pyrrole nitrogens is 1. The standard InChI is InChI=1S/C18H17N3O3/c1-24-17(22)10-15(12-5-3-2-4-6-12)21-18(23)13-7-8-14-16(9-13)20-11-19-14/h2-9,11,15H,10H2,1H3,(H,19,20)(H,21,23)/t15-/m1/s1. The van der Waals surface area contributed by atoms with E-state index in [9.17, 15) is 9.59 Å². The van der Waals surface area contributed by atoms with Crippen LogP contribution in [0.15, 0.2) is 54.9 Å². The van der Waals surface area contributed by atoms with Crippen LogP contribution in [0.3, 0.4) is 0 Å². The molecule has 122 valence electrons. The van der Waals surface area contributed by atoms with E-state index in [0.717, 1.165) is 16.6 Å². The number of ether oxygens (including phenoxy) is 1. The Morgan fingerprint density at radius 1 is 1.21 bits per heavy atom. The minimum Gasteiger partial charge on any atom is -0.469 e. The maximum Gasteiger partial charge on any atom is 0.307 e. The first-order chi connectivity index (χ1) is 11.7. The molecule has 0 aliphatic carbocycles. The molecule has 3 aromatic rings. The van der Waals surface area contributed by atoms with Crippen LogP contribution in [0.1, 0.15) is 28.4 Å². The van der Waals surface area contributed by atoms with Gasteiger partial charge in [0.1, 0.15) is 0 Å². The molecule has 0 radical (unpaired) electrons. The fourth-order valence-electron chi connectivity index (χ4n) is 2.51. The van der Waals surface area contributed by atoms with Crippen LogP contribution in [0.25, 0.3) is 11.0 Å². The van der Waals surface area contributed by atoms with E-state index in [0.29, 0.717) is 5.56 Å². The molecule has 24 heavy (non-hydrogen) atoms. The number of nitrogens with one attached hydrogen (secondary N) is 2. The second-order valence-electron chi connectivity index (χ2n) is 5.35. The van der Waals surface area contributed by atoms with Crippen molar-refractivity contribution in [3.05, 3.63) is 66.0 Å². The van der Waals surface area contributed by atoms with Crippen molar-refractivity contribution < 1.29 is 14.3 Å². The monoisotopic (exact) mass is 323 g/mol. The molecule has 2 N–H and O–H groups in total. The molecule has 1 aromatic heterocycles. The van der Waals surface area contributed by atoms with Gasteiger partial charge in [-0.3, -0.25) is 9.59 Å². The number of aromatic amines is 1. The average molecular weight is 323 g/mol. The zero-order valence-electron chi connectivity index (χ0n) is 13.2. The number of fused-ring (bicyclic) bond motifs is 1. The normalized spacial score (nSPS) is 11.9. The number of benzene rings is 2. The number of aromatic nitrogens is 2. The minimum absolute atomic E-state index is 0.0680. The molecule has 3 rings (SSSR count). The Bertz CT molecular complexity index is 858. The molecule has 0 aliphatic heterocycles. The van der Waals surface area contributed by atoms with Crippen molar-refractivity contribution in [3.63, 3.8) is 0 Å². The molecule has 0 unspecified atom stereocenters. The third-order valence-corrected chi connectivity index (χ3v) is 3.79. The van der Waals surface area contributed by atoms with Crippen molar-refractivity contribution in [1.29, 1.82) is 0 Å². The van der Waals surface area contributed by atoms with Crippen molar-refractivity contribution in [1.82, 2.24) is 15.3 Å². The number of methoxy groups -OCH3 is 1. The molecule has 6 heteroatoms. The van der Waals surface area contributed by atoms with Gasteiger partial charge in [-0.25, -0.2) is 4.98 Å². The van der Waals surface area contributed by atoms with Gasteiger partial charge in [0, 0.05) is 5.56 Å². The maximum atomic E-state index is 12.6. The van der Waals surface area contributed by atoms with Crippen LogP contribution < -0.4 is 5.32 Å². The van der Waals surface area contributed by atoms with E-state index in [1.54, 1.807) is 24.5 Å². The Morgan fingerprint density at radius 3 is 2.75 bits per heavy atom. The van der Waals surface area contributed by atoms with Crippen molar-refractivity contribution in [3.8, 4) is 0 Å². The third-order valence-electron chi connectivity index (χ3n) is 3.79. The van der Waals surface area contributed by atoms with Crippen LogP contribution in [0.5, 0.6) is 0 Å².